The fourth-order valence-corrected chi connectivity index (χ4v) is 3.96. The van der Waals surface area contributed by atoms with Gasteiger partial charge in [0.25, 0.3) is 0 Å². The Balaban J connectivity index is 1.95. The predicted octanol–water partition coefficient (Wildman–Crippen LogP) is 1.75. The Morgan fingerprint density at radius 2 is 2.15 bits per heavy atom. The van der Waals surface area contributed by atoms with Gasteiger partial charge in [0, 0.05) is 17.7 Å². The number of carbonyl (C=O) groups is 3. The van der Waals surface area contributed by atoms with Crippen LogP contribution in [0.4, 0.5) is 5.69 Å². The summed E-state index contributed by atoms with van der Waals surface area (Å²) in [6, 6.07) is 7.41. The molecule has 3 rings (SSSR count). The van der Waals surface area contributed by atoms with Crippen LogP contribution in [0.5, 0.6) is 0 Å². The Labute approximate surface area is 120 Å². The first-order valence-corrected chi connectivity index (χ1v) is 7.14. The minimum Gasteiger partial charge on any atom is -0.455 e. The molecule has 0 unspecified atom stereocenters. The number of Topliss-reactive ketones (excluding diaryl/α,β-unsaturated/α-hetero) is 1. The maximum Gasteiger partial charge on any atom is 0.343 e. The van der Waals surface area contributed by atoms with E-state index < -0.39 is 10.8 Å². The Morgan fingerprint density at radius 1 is 1.40 bits per heavy atom. The zero-order chi connectivity index (χ0) is 14.3. The van der Waals surface area contributed by atoms with Crippen LogP contribution in [0.25, 0.3) is 0 Å². The molecule has 1 atom stereocenters. The molecule has 1 aromatic rings. The van der Waals surface area contributed by atoms with E-state index in [1.807, 2.05) is 24.3 Å². The number of para-hydroxylation sites is 1. The number of anilines is 1. The van der Waals surface area contributed by atoms with Gasteiger partial charge in [-0.3, -0.25) is 14.5 Å². The van der Waals surface area contributed by atoms with Crippen molar-refractivity contribution < 1.29 is 19.1 Å². The molecule has 104 valence electrons. The smallest absolute Gasteiger partial charge is 0.343 e. The van der Waals surface area contributed by atoms with Crippen LogP contribution >= 0.6 is 11.8 Å². The molecule has 0 spiro atoms. The third-order valence-corrected chi connectivity index (χ3v) is 4.85. The maximum atomic E-state index is 12.4. The second-order valence-electron chi connectivity index (χ2n) is 4.86. The quantitative estimate of drug-likeness (QED) is 0.794. The van der Waals surface area contributed by atoms with Crippen molar-refractivity contribution >= 4 is 35.1 Å². The standard InChI is InChI=1S/C14H13NO4S/c1-9(16)8-19-13(18)14-7-6-12(17)15(14)10-4-2-3-5-11(10)20-14/h2-5H,6-8H2,1H3/t14-/m1/s1. The van der Waals surface area contributed by atoms with E-state index in [-0.39, 0.29) is 18.3 Å². The van der Waals surface area contributed by atoms with Crippen molar-refractivity contribution in [2.45, 2.75) is 29.5 Å². The highest BCUT2D eigenvalue weighted by Crippen LogP contribution is 2.56. The van der Waals surface area contributed by atoms with Crippen molar-refractivity contribution in [2.75, 3.05) is 11.5 Å². The van der Waals surface area contributed by atoms with Gasteiger partial charge in [-0.05, 0) is 19.1 Å². The molecule has 0 N–H and O–H groups in total. The van der Waals surface area contributed by atoms with E-state index in [9.17, 15) is 14.4 Å². The number of fused-ring (bicyclic) bond motifs is 3. The van der Waals surface area contributed by atoms with Crippen LogP contribution in [0.15, 0.2) is 29.2 Å². The van der Waals surface area contributed by atoms with Crippen molar-refractivity contribution in [2.24, 2.45) is 0 Å². The van der Waals surface area contributed by atoms with Crippen molar-refractivity contribution in [3.63, 3.8) is 0 Å². The topological polar surface area (TPSA) is 63.7 Å². The van der Waals surface area contributed by atoms with Crippen LogP contribution in [0.3, 0.4) is 0 Å². The van der Waals surface area contributed by atoms with Crippen LogP contribution in [-0.4, -0.2) is 29.1 Å². The summed E-state index contributed by atoms with van der Waals surface area (Å²) in [6.45, 7) is 1.11. The highest BCUT2D eigenvalue weighted by Gasteiger charge is 2.58. The fraction of sp³-hybridized carbons (Fsp3) is 0.357. The Morgan fingerprint density at radius 3 is 2.90 bits per heavy atom. The van der Waals surface area contributed by atoms with E-state index >= 15 is 0 Å². The number of thioether (sulfide) groups is 1. The first-order chi connectivity index (χ1) is 9.54. The number of carbonyl (C=O) groups excluding carboxylic acids is 3. The molecule has 0 radical (unpaired) electrons. The van der Waals surface area contributed by atoms with Gasteiger partial charge in [-0.25, -0.2) is 4.79 Å². The van der Waals surface area contributed by atoms with Crippen LogP contribution in [0, 0.1) is 0 Å². The van der Waals surface area contributed by atoms with Crippen LogP contribution in [0.2, 0.25) is 0 Å². The lowest BCUT2D eigenvalue weighted by atomic mass is 10.2. The number of hydrogen-bond donors (Lipinski definition) is 0. The third-order valence-electron chi connectivity index (χ3n) is 3.40. The summed E-state index contributed by atoms with van der Waals surface area (Å²) in [5.74, 6) is -0.812. The fourth-order valence-electron chi connectivity index (χ4n) is 2.55. The van der Waals surface area contributed by atoms with Gasteiger partial charge in [-0.2, -0.15) is 0 Å². The van der Waals surface area contributed by atoms with Crippen molar-refractivity contribution in [3.05, 3.63) is 24.3 Å². The molecule has 0 bridgehead atoms. The Hall–Kier alpha value is -1.82. The van der Waals surface area contributed by atoms with Gasteiger partial charge < -0.3 is 4.74 Å². The number of benzene rings is 1. The first kappa shape index (κ1) is 13.2. The van der Waals surface area contributed by atoms with Gasteiger partial charge in [0.1, 0.15) is 6.61 Å². The average molecular weight is 291 g/mol. The van der Waals surface area contributed by atoms with E-state index in [4.69, 9.17) is 4.74 Å². The number of ether oxygens (including phenoxy) is 1. The van der Waals surface area contributed by atoms with Crippen molar-refractivity contribution in [1.29, 1.82) is 0 Å². The van der Waals surface area contributed by atoms with Crippen molar-refractivity contribution in [3.8, 4) is 0 Å². The van der Waals surface area contributed by atoms with E-state index in [1.54, 1.807) is 0 Å². The maximum absolute atomic E-state index is 12.4. The molecule has 1 fully saturated rings. The molecule has 1 saturated heterocycles. The number of nitrogens with zero attached hydrogens (tertiary/aromatic N) is 1. The summed E-state index contributed by atoms with van der Waals surface area (Å²) in [5.41, 5.74) is 0.750. The van der Waals surface area contributed by atoms with Gasteiger partial charge in [-0.1, -0.05) is 23.9 Å². The molecule has 5 nitrogen and oxygen atoms in total. The minimum atomic E-state index is -1.03. The highest BCUT2D eigenvalue weighted by molar-refractivity contribution is 8.02. The molecule has 1 amide bonds. The van der Waals surface area contributed by atoms with E-state index in [1.165, 1.54) is 23.6 Å². The lowest BCUT2D eigenvalue weighted by Crippen LogP contribution is -2.48. The number of hydrogen-bond acceptors (Lipinski definition) is 5. The first-order valence-electron chi connectivity index (χ1n) is 6.32. The van der Waals surface area contributed by atoms with Crippen LogP contribution in [-0.2, 0) is 19.1 Å². The van der Waals surface area contributed by atoms with Gasteiger partial charge in [0.2, 0.25) is 5.91 Å². The Kier molecular flexibility index (Phi) is 3.05. The summed E-state index contributed by atoms with van der Waals surface area (Å²) < 4.78 is 5.07. The van der Waals surface area contributed by atoms with Crippen molar-refractivity contribution in [1.82, 2.24) is 0 Å². The molecule has 2 aliphatic rings. The predicted molar refractivity (Wildman–Crippen MR) is 73.4 cm³/mol. The molecule has 2 aliphatic heterocycles. The number of ketones is 1. The second kappa shape index (κ2) is 4.63. The van der Waals surface area contributed by atoms with E-state index in [0.717, 1.165) is 10.6 Å². The summed E-state index contributed by atoms with van der Waals surface area (Å²) in [7, 11) is 0. The lowest BCUT2D eigenvalue weighted by molar-refractivity contribution is -0.150. The van der Waals surface area contributed by atoms with Gasteiger partial charge in [0.05, 0.1) is 5.69 Å². The van der Waals surface area contributed by atoms with Gasteiger partial charge in [-0.15, -0.1) is 0 Å². The summed E-state index contributed by atoms with van der Waals surface area (Å²) in [5, 5.41) is 0. The Bertz CT molecular complexity index is 615. The third kappa shape index (κ3) is 1.83. The lowest BCUT2D eigenvalue weighted by Gasteiger charge is -2.28. The zero-order valence-corrected chi connectivity index (χ0v) is 11.7. The highest BCUT2D eigenvalue weighted by atomic mass is 32.2. The molecule has 0 aromatic heterocycles. The monoisotopic (exact) mass is 291 g/mol. The number of rotatable bonds is 3. The molecular weight excluding hydrogens is 278 g/mol. The summed E-state index contributed by atoms with van der Waals surface area (Å²) in [4.78, 5) is 36.8. The molecule has 20 heavy (non-hydrogen) atoms. The van der Waals surface area contributed by atoms with E-state index in [0.29, 0.717) is 12.8 Å². The second-order valence-corrected chi connectivity index (χ2v) is 6.18. The number of amides is 1. The molecule has 1 aromatic carbocycles. The summed E-state index contributed by atoms with van der Waals surface area (Å²) in [6.07, 6.45) is 0.721. The van der Waals surface area contributed by atoms with E-state index in [2.05, 4.69) is 0 Å². The summed E-state index contributed by atoms with van der Waals surface area (Å²) >= 11 is 1.34. The molecule has 0 aliphatic carbocycles. The zero-order valence-electron chi connectivity index (χ0n) is 10.9. The molecular formula is C14H13NO4S. The molecule has 6 heteroatoms. The molecule has 2 heterocycles. The average Bonchev–Trinajstić information content (AvgIpc) is 2.92. The number of esters is 1. The van der Waals surface area contributed by atoms with Gasteiger partial charge in [0.15, 0.2) is 10.7 Å². The SMILES string of the molecule is CC(=O)COC(=O)[C@]12CCC(=O)N1c1ccccc1S2. The van der Waals surface area contributed by atoms with Crippen LogP contribution < -0.4 is 4.90 Å². The van der Waals surface area contributed by atoms with Gasteiger partial charge >= 0.3 is 5.97 Å². The largest absolute Gasteiger partial charge is 0.455 e. The molecule has 0 saturated carbocycles. The minimum absolute atomic E-state index is 0.0813. The normalized spacial score (nSPS) is 23.4. The van der Waals surface area contributed by atoms with Crippen LogP contribution in [0.1, 0.15) is 19.8 Å².